The third-order valence-electron chi connectivity index (χ3n) is 3.95. The van der Waals surface area contributed by atoms with Gasteiger partial charge in [0, 0.05) is 6.54 Å². The van der Waals surface area contributed by atoms with E-state index in [1.54, 1.807) is 17.0 Å². The zero-order chi connectivity index (χ0) is 14.3. The molecule has 1 aromatic rings. The Morgan fingerprint density at radius 2 is 2.15 bits per heavy atom. The first kappa shape index (κ1) is 13.1. The molecule has 0 spiro atoms. The van der Waals surface area contributed by atoms with E-state index in [0.29, 0.717) is 30.5 Å². The molecule has 1 fully saturated rings. The number of carbonyl (C=O) groups is 1. The van der Waals surface area contributed by atoms with Crippen LogP contribution < -0.4 is 5.32 Å². The molecule has 1 saturated heterocycles. The van der Waals surface area contributed by atoms with Gasteiger partial charge in [-0.15, -0.1) is 0 Å². The van der Waals surface area contributed by atoms with Crippen LogP contribution in [0.5, 0.6) is 0 Å². The zero-order valence-electron chi connectivity index (χ0n) is 10.8. The van der Waals surface area contributed by atoms with Crippen LogP contribution in [0.2, 0.25) is 0 Å². The van der Waals surface area contributed by atoms with Crippen LogP contribution in [0.25, 0.3) is 0 Å². The molecule has 2 aliphatic rings. The summed E-state index contributed by atoms with van der Waals surface area (Å²) in [5.41, 5.74) is 1.62. The number of hydrogen-bond donors (Lipinski definition) is 3. The van der Waals surface area contributed by atoms with Crippen LogP contribution in [0, 0.1) is 11.3 Å². The van der Waals surface area contributed by atoms with Crippen molar-refractivity contribution in [1.29, 1.82) is 5.26 Å². The lowest BCUT2D eigenvalue weighted by molar-refractivity contribution is -0.0477. The van der Waals surface area contributed by atoms with Gasteiger partial charge in [-0.2, -0.15) is 5.26 Å². The third-order valence-corrected chi connectivity index (χ3v) is 3.95. The number of piperidine rings is 1. The lowest BCUT2D eigenvalue weighted by Gasteiger charge is -2.37. The van der Waals surface area contributed by atoms with Crippen molar-refractivity contribution in [3.63, 3.8) is 0 Å². The lowest BCUT2D eigenvalue weighted by atomic mass is 10.0. The van der Waals surface area contributed by atoms with Gasteiger partial charge in [0.05, 0.1) is 23.2 Å². The number of amides is 1. The first-order chi connectivity index (χ1) is 9.61. The van der Waals surface area contributed by atoms with Gasteiger partial charge < -0.3 is 15.1 Å². The molecule has 0 saturated carbocycles. The minimum Gasteiger partial charge on any atom is -0.379 e. The number of aliphatic hydroxyl groups excluding tert-OH is 2. The number of nitrogens with zero attached hydrogens (tertiary/aromatic N) is 2. The average Bonchev–Trinajstić information content (AvgIpc) is 2.76. The zero-order valence-corrected chi connectivity index (χ0v) is 10.8. The predicted octanol–water partition coefficient (Wildman–Crippen LogP) is -0.0971. The van der Waals surface area contributed by atoms with Crippen molar-refractivity contribution in [3.05, 3.63) is 34.9 Å². The summed E-state index contributed by atoms with van der Waals surface area (Å²) >= 11 is 0. The van der Waals surface area contributed by atoms with Gasteiger partial charge in [0.1, 0.15) is 12.5 Å². The molecule has 2 heterocycles. The second-order valence-electron chi connectivity index (χ2n) is 5.16. The standard InChI is InChI=1S/C14H15N3O3/c15-6-8-2-1-3-9-7-17(14(20)12(8)9)10-4-5-11(18)16-13(10)19/h1-3,10-11,13,16,18-19H,4-5,7H2. The molecule has 6 nitrogen and oxygen atoms in total. The van der Waals surface area contributed by atoms with E-state index < -0.39 is 12.5 Å². The number of hydrogen-bond acceptors (Lipinski definition) is 5. The first-order valence-corrected chi connectivity index (χ1v) is 6.57. The smallest absolute Gasteiger partial charge is 0.256 e. The molecule has 6 heteroatoms. The van der Waals surface area contributed by atoms with Gasteiger partial charge in [0.2, 0.25) is 0 Å². The Hall–Kier alpha value is -1.94. The van der Waals surface area contributed by atoms with Crippen LogP contribution >= 0.6 is 0 Å². The Morgan fingerprint density at radius 1 is 1.35 bits per heavy atom. The summed E-state index contributed by atoms with van der Waals surface area (Å²) < 4.78 is 0. The van der Waals surface area contributed by atoms with Gasteiger partial charge in [-0.3, -0.25) is 10.1 Å². The van der Waals surface area contributed by atoms with Gasteiger partial charge in [-0.25, -0.2) is 0 Å². The summed E-state index contributed by atoms with van der Waals surface area (Å²) in [5.74, 6) is -0.223. The Morgan fingerprint density at radius 3 is 2.85 bits per heavy atom. The van der Waals surface area contributed by atoms with Crippen LogP contribution in [-0.4, -0.2) is 39.5 Å². The first-order valence-electron chi connectivity index (χ1n) is 6.57. The molecule has 0 aromatic heterocycles. The number of nitrogens with one attached hydrogen (secondary N) is 1. The molecule has 1 aromatic carbocycles. The summed E-state index contributed by atoms with van der Waals surface area (Å²) in [6.07, 6.45) is -0.692. The van der Waals surface area contributed by atoms with Crippen molar-refractivity contribution in [2.24, 2.45) is 0 Å². The van der Waals surface area contributed by atoms with E-state index in [2.05, 4.69) is 5.32 Å². The lowest BCUT2D eigenvalue weighted by Crippen LogP contribution is -2.56. The number of benzene rings is 1. The summed E-state index contributed by atoms with van der Waals surface area (Å²) in [4.78, 5) is 14.1. The normalized spacial score (nSPS) is 29.1. The molecule has 3 atom stereocenters. The highest BCUT2D eigenvalue weighted by Crippen LogP contribution is 2.30. The quantitative estimate of drug-likeness (QED) is 0.664. The van der Waals surface area contributed by atoms with E-state index in [0.717, 1.165) is 5.56 Å². The maximum absolute atomic E-state index is 12.5. The number of rotatable bonds is 1. The van der Waals surface area contributed by atoms with Crippen LogP contribution in [0.3, 0.4) is 0 Å². The van der Waals surface area contributed by atoms with Crippen LogP contribution in [0.15, 0.2) is 18.2 Å². The summed E-state index contributed by atoms with van der Waals surface area (Å²) in [6.45, 7) is 0.392. The molecule has 0 bridgehead atoms. The molecule has 1 amide bonds. The van der Waals surface area contributed by atoms with Gasteiger partial charge >= 0.3 is 0 Å². The van der Waals surface area contributed by atoms with Crippen molar-refractivity contribution in [2.75, 3.05) is 0 Å². The number of carbonyl (C=O) groups excluding carboxylic acids is 1. The number of nitriles is 1. The minimum absolute atomic E-state index is 0.223. The highest BCUT2D eigenvalue weighted by Gasteiger charge is 2.39. The summed E-state index contributed by atoms with van der Waals surface area (Å²) in [7, 11) is 0. The largest absolute Gasteiger partial charge is 0.379 e. The Balaban J connectivity index is 1.89. The van der Waals surface area contributed by atoms with E-state index >= 15 is 0 Å². The van der Waals surface area contributed by atoms with E-state index in [9.17, 15) is 15.0 Å². The second-order valence-corrected chi connectivity index (χ2v) is 5.16. The predicted molar refractivity (Wildman–Crippen MR) is 69.2 cm³/mol. The highest BCUT2D eigenvalue weighted by molar-refractivity contribution is 6.00. The van der Waals surface area contributed by atoms with E-state index in [1.165, 1.54) is 0 Å². The number of aliphatic hydroxyl groups is 2. The fourth-order valence-corrected chi connectivity index (χ4v) is 2.95. The molecule has 3 unspecified atom stereocenters. The van der Waals surface area contributed by atoms with E-state index in [-0.39, 0.29) is 11.9 Å². The van der Waals surface area contributed by atoms with Gasteiger partial charge in [-0.1, -0.05) is 12.1 Å². The number of fused-ring (bicyclic) bond motifs is 1. The van der Waals surface area contributed by atoms with Crippen molar-refractivity contribution in [3.8, 4) is 6.07 Å². The fourth-order valence-electron chi connectivity index (χ4n) is 2.95. The molecule has 20 heavy (non-hydrogen) atoms. The van der Waals surface area contributed by atoms with E-state index in [4.69, 9.17) is 5.26 Å². The van der Waals surface area contributed by atoms with Gasteiger partial charge in [0.15, 0.2) is 0 Å². The Kier molecular flexibility index (Phi) is 3.18. The maximum atomic E-state index is 12.5. The second kappa shape index (κ2) is 4.87. The molecule has 0 aliphatic carbocycles. The molecule has 2 aliphatic heterocycles. The fraction of sp³-hybridized carbons (Fsp3) is 0.429. The third kappa shape index (κ3) is 1.96. The average molecular weight is 273 g/mol. The molecule has 104 valence electrons. The Labute approximate surface area is 116 Å². The van der Waals surface area contributed by atoms with Crippen molar-refractivity contribution in [2.45, 2.75) is 37.9 Å². The van der Waals surface area contributed by atoms with Gasteiger partial charge in [-0.05, 0) is 24.5 Å². The van der Waals surface area contributed by atoms with Crippen LogP contribution in [0.4, 0.5) is 0 Å². The summed E-state index contributed by atoms with van der Waals surface area (Å²) in [6, 6.07) is 6.86. The topological polar surface area (TPSA) is 96.6 Å². The molecular weight excluding hydrogens is 258 g/mol. The molecular formula is C14H15N3O3. The molecule has 3 N–H and O–H groups in total. The van der Waals surface area contributed by atoms with Crippen molar-refractivity contribution >= 4 is 5.91 Å². The van der Waals surface area contributed by atoms with E-state index in [1.807, 2.05) is 12.1 Å². The summed E-state index contributed by atoms with van der Waals surface area (Å²) in [5, 5.41) is 31.2. The Bertz CT molecular complexity index is 596. The molecule has 3 rings (SSSR count). The van der Waals surface area contributed by atoms with Crippen molar-refractivity contribution < 1.29 is 15.0 Å². The van der Waals surface area contributed by atoms with Crippen LogP contribution in [-0.2, 0) is 6.54 Å². The molecule has 0 radical (unpaired) electrons. The van der Waals surface area contributed by atoms with Crippen molar-refractivity contribution in [1.82, 2.24) is 10.2 Å². The monoisotopic (exact) mass is 273 g/mol. The maximum Gasteiger partial charge on any atom is 0.256 e. The van der Waals surface area contributed by atoms with Crippen LogP contribution in [0.1, 0.15) is 34.3 Å². The highest BCUT2D eigenvalue weighted by atomic mass is 16.3. The van der Waals surface area contributed by atoms with Gasteiger partial charge in [0.25, 0.3) is 5.91 Å². The SMILES string of the molecule is N#Cc1cccc2c1C(=O)N(C1CCC(O)NC1O)C2. The minimum atomic E-state index is -0.956.